The molecule has 2 aliphatic carbocycles. The number of fused-ring (bicyclic) bond motifs is 1. The SMILES string of the molecule is CC(C)C1CC2CC2CC1N. The summed E-state index contributed by atoms with van der Waals surface area (Å²) in [5.74, 6) is 3.72. The molecule has 11 heavy (non-hydrogen) atoms. The van der Waals surface area contributed by atoms with Crippen LogP contribution in [0.15, 0.2) is 0 Å². The van der Waals surface area contributed by atoms with Gasteiger partial charge in [-0.05, 0) is 42.9 Å². The van der Waals surface area contributed by atoms with Crippen LogP contribution in [0.1, 0.15) is 33.1 Å². The fourth-order valence-electron chi connectivity index (χ4n) is 2.70. The fourth-order valence-corrected chi connectivity index (χ4v) is 2.70. The summed E-state index contributed by atoms with van der Waals surface area (Å²) in [4.78, 5) is 0. The lowest BCUT2D eigenvalue weighted by Crippen LogP contribution is -2.36. The van der Waals surface area contributed by atoms with E-state index in [0.717, 1.165) is 23.7 Å². The normalized spacial score (nSPS) is 49.1. The van der Waals surface area contributed by atoms with Crippen LogP contribution in [0.5, 0.6) is 0 Å². The quantitative estimate of drug-likeness (QED) is 0.612. The van der Waals surface area contributed by atoms with E-state index in [1.807, 2.05) is 0 Å². The third-order valence-electron chi connectivity index (χ3n) is 3.63. The van der Waals surface area contributed by atoms with Crippen molar-refractivity contribution in [2.24, 2.45) is 29.4 Å². The summed E-state index contributed by atoms with van der Waals surface area (Å²) in [5.41, 5.74) is 6.10. The largest absolute Gasteiger partial charge is 0.327 e. The molecule has 4 atom stereocenters. The second-order valence-corrected chi connectivity index (χ2v) is 4.80. The number of hydrogen-bond acceptors (Lipinski definition) is 1. The Morgan fingerprint density at radius 3 is 2.36 bits per heavy atom. The molecule has 64 valence electrons. The molecule has 1 heteroatoms. The van der Waals surface area contributed by atoms with E-state index in [1.165, 1.54) is 19.3 Å². The molecule has 0 spiro atoms. The third kappa shape index (κ3) is 1.31. The lowest BCUT2D eigenvalue weighted by Gasteiger charge is -2.31. The van der Waals surface area contributed by atoms with E-state index >= 15 is 0 Å². The molecular weight excluding hydrogens is 134 g/mol. The van der Waals surface area contributed by atoms with Gasteiger partial charge in [-0.15, -0.1) is 0 Å². The van der Waals surface area contributed by atoms with E-state index < -0.39 is 0 Å². The van der Waals surface area contributed by atoms with Crippen molar-refractivity contribution in [1.82, 2.24) is 0 Å². The molecule has 2 fully saturated rings. The monoisotopic (exact) mass is 153 g/mol. The number of rotatable bonds is 1. The van der Waals surface area contributed by atoms with Crippen molar-refractivity contribution in [3.05, 3.63) is 0 Å². The van der Waals surface area contributed by atoms with E-state index in [4.69, 9.17) is 5.73 Å². The van der Waals surface area contributed by atoms with Gasteiger partial charge >= 0.3 is 0 Å². The molecule has 0 radical (unpaired) electrons. The van der Waals surface area contributed by atoms with Crippen LogP contribution < -0.4 is 5.73 Å². The van der Waals surface area contributed by atoms with E-state index in [2.05, 4.69) is 13.8 Å². The Morgan fingerprint density at radius 2 is 1.73 bits per heavy atom. The van der Waals surface area contributed by atoms with Crippen molar-refractivity contribution >= 4 is 0 Å². The Bertz CT molecular complexity index is 153. The Kier molecular flexibility index (Phi) is 1.71. The van der Waals surface area contributed by atoms with Crippen LogP contribution in [0.4, 0.5) is 0 Å². The first-order chi connectivity index (χ1) is 5.18. The lowest BCUT2D eigenvalue weighted by molar-refractivity contribution is 0.231. The average molecular weight is 153 g/mol. The first-order valence-corrected chi connectivity index (χ1v) is 4.94. The van der Waals surface area contributed by atoms with Crippen LogP contribution in [0.3, 0.4) is 0 Å². The highest BCUT2D eigenvalue weighted by atomic mass is 14.7. The molecule has 4 unspecified atom stereocenters. The second-order valence-electron chi connectivity index (χ2n) is 4.80. The summed E-state index contributed by atoms with van der Waals surface area (Å²) in [6, 6.07) is 0.513. The van der Waals surface area contributed by atoms with Crippen molar-refractivity contribution in [3.8, 4) is 0 Å². The lowest BCUT2D eigenvalue weighted by atomic mass is 9.78. The molecular formula is C10H19N. The Hall–Kier alpha value is -0.0400. The minimum absolute atomic E-state index is 0.513. The molecule has 1 nitrogen and oxygen atoms in total. The first-order valence-electron chi connectivity index (χ1n) is 4.94. The van der Waals surface area contributed by atoms with E-state index in [1.54, 1.807) is 0 Å². The molecule has 0 heterocycles. The van der Waals surface area contributed by atoms with Crippen molar-refractivity contribution in [1.29, 1.82) is 0 Å². The zero-order chi connectivity index (χ0) is 8.01. The number of nitrogens with two attached hydrogens (primary N) is 1. The number of hydrogen-bond donors (Lipinski definition) is 1. The van der Waals surface area contributed by atoms with Gasteiger partial charge in [0.05, 0.1) is 0 Å². The van der Waals surface area contributed by atoms with Crippen molar-refractivity contribution in [3.63, 3.8) is 0 Å². The highest BCUT2D eigenvalue weighted by Crippen LogP contribution is 2.52. The van der Waals surface area contributed by atoms with Crippen molar-refractivity contribution in [2.45, 2.75) is 39.2 Å². The Labute approximate surface area is 69.4 Å². The molecule has 0 aromatic carbocycles. The van der Waals surface area contributed by atoms with Crippen LogP contribution in [-0.2, 0) is 0 Å². The van der Waals surface area contributed by atoms with Gasteiger partial charge in [0.15, 0.2) is 0 Å². The van der Waals surface area contributed by atoms with E-state index in [9.17, 15) is 0 Å². The minimum Gasteiger partial charge on any atom is -0.327 e. The van der Waals surface area contributed by atoms with Gasteiger partial charge in [-0.3, -0.25) is 0 Å². The van der Waals surface area contributed by atoms with E-state index in [0.29, 0.717) is 6.04 Å². The standard InChI is InChI=1S/C10H19N/c1-6(2)9-4-7-3-8(7)5-10(9)11/h6-10H,3-5,11H2,1-2H3. The molecule has 0 bridgehead atoms. The zero-order valence-corrected chi connectivity index (χ0v) is 7.59. The summed E-state index contributed by atoms with van der Waals surface area (Å²) in [6.45, 7) is 4.63. The highest BCUT2D eigenvalue weighted by molar-refractivity contribution is 4.98. The summed E-state index contributed by atoms with van der Waals surface area (Å²) in [6.07, 6.45) is 4.22. The molecule has 0 aromatic heterocycles. The van der Waals surface area contributed by atoms with Crippen molar-refractivity contribution < 1.29 is 0 Å². The van der Waals surface area contributed by atoms with Crippen LogP contribution >= 0.6 is 0 Å². The van der Waals surface area contributed by atoms with Gasteiger partial charge < -0.3 is 5.73 Å². The fraction of sp³-hybridized carbons (Fsp3) is 1.00. The topological polar surface area (TPSA) is 26.0 Å². The molecule has 0 saturated heterocycles. The van der Waals surface area contributed by atoms with Gasteiger partial charge in [0.1, 0.15) is 0 Å². The van der Waals surface area contributed by atoms with Crippen LogP contribution in [-0.4, -0.2) is 6.04 Å². The summed E-state index contributed by atoms with van der Waals surface area (Å²) >= 11 is 0. The molecule has 2 rings (SSSR count). The molecule has 0 amide bonds. The third-order valence-corrected chi connectivity index (χ3v) is 3.63. The van der Waals surface area contributed by atoms with Gasteiger partial charge in [-0.2, -0.15) is 0 Å². The molecule has 0 aliphatic heterocycles. The van der Waals surface area contributed by atoms with Gasteiger partial charge in [0.25, 0.3) is 0 Å². The summed E-state index contributed by atoms with van der Waals surface area (Å²) in [5, 5.41) is 0. The Balaban J connectivity index is 1.97. The second kappa shape index (κ2) is 2.48. The van der Waals surface area contributed by atoms with E-state index in [-0.39, 0.29) is 0 Å². The predicted octanol–water partition coefficient (Wildman–Crippen LogP) is 2.02. The maximum absolute atomic E-state index is 6.10. The molecule has 2 N–H and O–H groups in total. The van der Waals surface area contributed by atoms with Crippen LogP contribution in [0.2, 0.25) is 0 Å². The summed E-state index contributed by atoms with van der Waals surface area (Å²) in [7, 11) is 0. The van der Waals surface area contributed by atoms with Gasteiger partial charge in [-0.1, -0.05) is 13.8 Å². The van der Waals surface area contributed by atoms with Crippen molar-refractivity contribution in [2.75, 3.05) is 0 Å². The predicted molar refractivity (Wildman–Crippen MR) is 47.1 cm³/mol. The molecule has 2 saturated carbocycles. The zero-order valence-electron chi connectivity index (χ0n) is 7.59. The first kappa shape index (κ1) is 7.60. The molecule has 2 aliphatic rings. The van der Waals surface area contributed by atoms with Crippen LogP contribution in [0, 0.1) is 23.7 Å². The van der Waals surface area contributed by atoms with Gasteiger partial charge in [0, 0.05) is 6.04 Å². The van der Waals surface area contributed by atoms with Crippen LogP contribution in [0.25, 0.3) is 0 Å². The van der Waals surface area contributed by atoms with Gasteiger partial charge in [0.2, 0.25) is 0 Å². The molecule has 0 aromatic rings. The smallest absolute Gasteiger partial charge is 0.00724 e. The maximum Gasteiger partial charge on any atom is 0.00724 e. The summed E-state index contributed by atoms with van der Waals surface area (Å²) < 4.78 is 0. The Morgan fingerprint density at radius 1 is 1.09 bits per heavy atom. The average Bonchev–Trinajstić information content (AvgIpc) is 2.63. The highest BCUT2D eigenvalue weighted by Gasteiger charge is 2.45. The maximum atomic E-state index is 6.10. The minimum atomic E-state index is 0.513. The van der Waals surface area contributed by atoms with Gasteiger partial charge in [-0.25, -0.2) is 0 Å².